The first-order valence-corrected chi connectivity index (χ1v) is 9.62. The van der Waals surface area contributed by atoms with Gasteiger partial charge in [-0.2, -0.15) is 0 Å². The Kier molecular flexibility index (Phi) is 7.77. The number of carboxylic acids is 1. The smallest absolute Gasteiger partial charge is 0.309 e. The Balaban J connectivity index is 1.93. The molecular formula is C18H20ClN3O5S. The first-order valence-electron chi connectivity index (χ1n) is 8.43. The number of carbonyl (C=O) groups excluding carboxylic acids is 2. The number of benzene rings is 1. The molecule has 0 aliphatic rings. The average molecular weight is 426 g/mol. The Morgan fingerprint density at radius 1 is 1.21 bits per heavy atom. The Morgan fingerprint density at radius 2 is 1.89 bits per heavy atom. The highest BCUT2D eigenvalue weighted by atomic mass is 35.5. The lowest BCUT2D eigenvalue weighted by atomic mass is 10.2. The van der Waals surface area contributed by atoms with Gasteiger partial charge in [0.15, 0.2) is 5.13 Å². The van der Waals surface area contributed by atoms with Crippen LogP contribution in [0.5, 0.6) is 5.75 Å². The summed E-state index contributed by atoms with van der Waals surface area (Å²) in [7, 11) is 0. The van der Waals surface area contributed by atoms with E-state index in [1.807, 2.05) is 13.8 Å². The number of aromatic nitrogens is 1. The minimum atomic E-state index is -1.08. The molecule has 0 aliphatic carbocycles. The maximum absolute atomic E-state index is 12.2. The van der Waals surface area contributed by atoms with Crippen LogP contribution in [0.25, 0.3) is 0 Å². The lowest BCUT2D eigenvalue weighted by Crippen LogP contribution is -2.21. The van der Waals surface area contributed by atoms with Crippen molar-refractivity contribution in [1.82, 2.24) is 4.98 Å². The van der Waals surface area contributed by atoms with Crippen molar-refractivity contribution >= 4 is 51.5 Å². The first kappa shape index (κ1) is 21.6. The van der Waals surface area contributed by atoms with E-state index in [1.165, 1.54) is 0 Å². The fraction of sp³-hybridized carbons (Fsp3) is 0.333. The number of hydrogen-bond acceptors (Lipinski definition) is 6. The van der Waals surface area contributed by atoms with Crippen LogP contribution in [0.4, 0.5) is 10.8 Å². The van der Waals surface area contributed by atoms with E-state index in [2.05, 4.69) is 15.6 Å². The van der Waals surface area contributed by atoms with Crippen LogP contribution in [0.3, 0.4) is 0 Å². The van der Waals surface area contributed by atoms with Gasteiger partial charge >= 0.3 is 5.97 Å². The largest absolute Gasteiger partial charge is 0.491 e. The molecule has 2 aromatic rings. The summed E-state index contributed by atoms with van der Waals surface area (Å²) in [5.41, 5.74) is 0.636. The zero-order valence-electron chi connectivity index (χ0n) is 15.3. The fourth-order valence-electron chi connectivity index (χ4n) is 2.09. The quantitative estimate of drug-likeness (QED) is 0.530. The number of rotatable bonds is 9. The third-order valence-electron chi connectivity index (χ3n) is 3.27. The number of nitrogens with zero attached hydrogens (tertiary/aromatic N) is 1. The Labute approximate surface area is 170 Å². The highest BCUT2D eigenvalue weighted by Crippen LogP contribution is 2.28. The molecule has 0 saturated heterocycles. The summed E-state index contributed by atoms with van der Waals surface area (Å²) in [5.74, 6) is -1.35. The van der Waals surface area contributed by atoms with Gasteiger partial charge in [0.05, 0.1) is 24.4 Å². The number of para-hydroxylation sites is 2. The normalized spacial score (nSPS) is 10.6. The maximum Gasteiger partial charge on any atom is 0.309 e. The lowest BCUT2D eigenvalue weighted by molar-refractivity contribution is -0.136. The predicted molar refractivity (Wildman–Crippen MR) is 107 cm³/mol. The van der Waals surface area contributed by atoms with Crippen molar-refractivity contribution in [2.24, 2.45) is 5.92 Å². The van der Waals surface area contributed by atoms with Crippen LogP contribution in [0.2, 0.25) is 4.34 Å². The summed E-state index contributed by atoms with van der Waals surface area (Å²) in [4.78, 5) is 38.9. The molecule has 1 aromatic heterocycles. The monoisotopic (exact) mass is 425 g/mol. The Bertz CT molecular complexity index is 869. The molecule has 0 unspecified atom stereocenters. The third kappa shape index (κ3) is 6.82. The van der Waals surface area contributed by atoms with Gasteiger partial charge in [0.25, 0.3) is 0 Å². The van der Waals surface area contributed by atoms with Crippen molar-refractivity contribution in [3.63, 3.8) is 0 Å². The summed E-state index contributed by atoms with van der Waals surface area (Å²) < 4.78 is 5.84. The highest BCUT2D eigenvalue weighted by Gasteiger charge is 2.17. The topological polar surface area (TPSA) is 118 Å². The van der Waals surface area contributed by atoms with Crippen molar-refractivity contribution in [3.05, 3.63) is 34.3 Å². The molecule has 1 aromatic carbocycles. The maximum atomic E-state index is 12.2. The molecule has 2 amide bonds. The number of anilines is 2. The fourth-order valence-corrected chi connectivity index (χ4v) is 3.15. The summed E-state index contributed by atoms with van der Waals surface area (Å²) >= 11 is 6.84. The van der Waals surface area contributed by atoms with Gasteiger partial charge in [0.2, 0.25) is 11.8 Å². The number of carbonyl (C=O) groups is 3. The number of hydrogen-bond donors (Lipinski definition) is 3. The number of amides is 2. The van der Waals surface area contributed by atoms with E-state index < -0.39 is 24.2 Å². The third-order valence-corrected chi connectivity index (χ3v) is 4.52. The van der Waals surface area contributed by atoms with Gasteiger partial charge in [-0.05, 0) is 18.1 Å². The van der Waals surface area contributed by atoms with Crippen molar-refractivity contribution in [2.75, 3.05) is 17.2 Å². The second-order valence-corrected chi connectivity index (χ2v) is 7.89. The SMILES string of the molecule is CC(C)COc1ccccc1NC(=O)CC(=O)Nc1nc(CC(=O)O)c(Cl)s1. The summed E-state index contributed by atoms with van der Waals surface area (Å²) in [6, 6.07) is 6.96. The van der Waals surface area contributed by atoms with E-state index in [9.17, 15) is 14.4 Å². The van der Waals surface area contributed by atoms with Gasteiger partial charge in [-0.15, -0.1) is 0 Å². The van der Waals surface area contributed by atoms with Gasteiger partial charge in [-0.3, -0.25) is 14.4 Å². The summed E-state index contributed by atoms with van der Waals surface area (Å²) in [5, 5.41) is 14.0. The summed E-state index contributed by atoms with van der Waals surface area (Å²) in [6.07, 6.45) is -0.789. The van der Waals surface area contributed by atoms with Gasteiger partial charge in [-0.1, -0.05) is 48.9 Å². The number of thiazole rings is 1. The molecule has 10 heteroatoms. The van der Waals surface area contributed by atoms with Crippen molar-refractivity contribution in [1.29, 1.82) is 0 Å². The number of carboxylic acid groups (broad SMARTS) is 1. The molecular weight excluding hydrogens is 406 g/mol. The zero-order valence-corrected chi connectivity index (χ0v) is 16.9. The van der Waals surface area contributed by atoms with E-state index >= 15 is 0 Å². The standard InChI is InChI=1S/C18H20ClN3O5S/c1-10(2)9-27-13-6-4-3-5-11(13)20-14(23)8-15(24)22-18-21-12(7-16(25)26)17(19)28-18/h3-6,10H,7-9H2,1-2H3,(H,20,23)(H,25,26)(H,21,22,24). The molecule has 0 fully saturated rings. The number of halogens is 1. The number of aliphatic carboxylic acids is 1. The molecule has 3 N–H and O–H groups in total. The first-order chi connectivity index (χ1) is 13.2. The van der Waals surface area contributed by atoms with Gasteiger partial charge in [0, 0.05) is 0 Å². The Morgan fingerprint density at radius 3 is 2.57 bits per heavy atom. The average Bonchev–Trinajstić information content (AvgIpc) is 2.92. The molecule has 0 aliphatic heterocycles. The highest BCUT2D eigenvalue weighted by molar-refractivity contribution is 7.19. The van der Waals surface area contributed by atoms with E-state index in [4.69, 9.17) is 21.4 Å². The van der Waals surface area contributed by atoms with Crippen LogP contribution in [0.1, 0.15) is 26.0 Å². The van der Waals surface area contributed by atoms with Crippen molar-refractivity contribution in [2.45, 2.75) is 26.7 Å². The van der Waals surface area contributed by atoms with Crippen molar-refractivity contribution < 1.29 is 24.2 Å². The Hall–Kier alpha value is -2.65. The van der Waals surface area contributed by atoms with Crippen LogP contribution in [0.15, 0.2) is 24.3 Å². The van der Waals surface area contributed by atoms with E-state index in [1.54, 1.807) is 24.3 Å². The number of ether oxygens (including phenoxy) is 1. The number of nitrogens with one attached hydrogen (secondary N) is 2. The second kappa shape index (κ2) is 10.0. The summed E-state index contributed by atoms with van der Waals surface area (Å²) in [6.45, 7) is 4.52. The zero-order chi connectivity index (χ0) is 20.7. The molecule has 0 saturated carbocycles. The van der Waals surface area contributed by atoms with Gasteiger partial charge in [0.1, 0.15) is 16.5 Å². The second-order valence-electron chi connectivity index (χ2n) is 6.28. The molecule has 1 heterocycles. The minimum Gasteiger partial charge on any atom is -0.491 e. The van der Waals surface area contributed by atoms with Crippen LogP contribution in [0, 0.1) is 5.92 Å². The predicted octanol–water partition coefficient (Wildman–Crippen LogP) is 3.43. The molecule has 0 spiro atoms. The lowest BCUT2D eigenvalue weighted by Gasteiger charge is -2.13. The minimum absolute atomic E-state index is 0.139. The van der Waals surface area contributed by atoms with Gasteiger partial charge in [-0.25, -0.2) is 4.98 Å². The van der Waals surface area contributed by atoms with Crippen LogP contribution in [-0.4, -0.2) is 34.5 Å². The van der Waals surface area contributed by atoms with Crippen LogP contribution >= 0.6 is 22.9 Å². The molecule has 0 radical (unpaired) electrons. The van der Waals surface area contributed by atoms with E-state index in [0.29, 0.717) is 24.0 Å². The molecule has 0 bridgehead atoms. The molecule has 150 valence electrons. The van der Waals surface area contributed by atoms with E-state index in [-0.39, 0.29) is 21.6 Å². The van der Waals surface area contributed by atoms with Gasteiger partial charge < -0.3 is 20.5 Å². The molecule has 0 atom stereocenters. The van der Waals surface area contributed by atoms with E-state index in [0.717, 1.165) is 11.3 Å². The molecule has 28 heavy (non-hydrogen) atoms. The van der Waals surface area contributed by atoms with Crippen molar-refractivity contribution in [3.8, 4) is 5.75 Å². The van der Waals surface area contributed by atoms with Crippen LogP contribution < -0.4 is 15.4 Å². The molecule has 8 nitrogen and oxygen atoms in total. The van der Waals surface area contributed by atoms with Crippen LogP contribution in [-0.2, 0) is 20.8 Å². The molecule has 2 rings (SSSR count).